The summed E-state index contributed by atoms with van der Waals surface area (Å²) in [6.07, 6.45) is 3.39. The number of fused-ring (bicyclic) bond motifs is 1. The quantitative estimate of drug-likeness (QED) is 0.456. The number of aryl methyl sites for hydroxylation is 2. The molecule has 0 spiro atoms. The number of amides is 1. The fourth-order valence-electron chi connectivity index (χ4n) is 4.62. The number of likely N-dealkylation sites (tertiary alicyclic amines) is 1. The van der Waals surface area contributed by atoms with Crippen molar-refractivity contribution in [2.24, 2.45) is 7.05 Å². The number of benzene rings is 2. The Morgan fingerprint density at radius 3 is 2.65 bits per heavy atom. The van der Waals surface area contributed by atoms with Crippen LogP contribution in [0.1, 0.15) is 31.0 Å². The SMILES string of the molecule is Cn1nc([C@H]2CCCN(C(=O)CCn3cnc4ccccc4c3=O)C2)n(-c2ccccc2)c1=O. The molecule has 1 aliphatic rings. The van der Waals surface area contributed by atoms with Gasteiger partial charge in [0, 0.05) is 39.0 Å². The van der Waals surface area contributed by atoms with Crippen molar-refractivity contribution in [1.82, 2.24) is 28.8 Å². The number of carbonyl (C=O) groups is 1. The van der Waals surface area contributed by atoms with Crippen LogP contribution in [0.4, 0.5) is 0 Å². The third-order valence-electron chi connectivity index (χ3n) is 6.40. The van der Waals surface area contributed by atoms with Gasteiger partial charge < -0.3 is 4.90 Å². The van der Waals surface area contributed by atoms with Gasteiger partial charge in [0.1, 0.15) is 5.82 Å². The van der Waals surface area contributed by atoms with Gasteiger partial charge >= 0.3 is 5.69 Å². The average molecular weight is 459 g/mol. The maximum atomic E-state index is 13.0. The molecule has 9 heteroatoms. The number of nitrogens with zero attached hydrogens (tertiary/aromatic N) is 6. The molecule has 0 aliphatic carbocycles. The fraction of sp³-hybridized carbons (Fsp3) is 0.320. The number of para-hydroxylation sites is 2. The molecule has 1 atom stereocenters. The molecule has 0 unspecified atom stereocenters. The van der Waals surface area contributed by atoms with E-state index < -0.39 is 0 Å². The van der Waals surface area contributed by atoms with Gasteiger partial charge in [0.05, 0.1) is 22.9 Å². The number of aromatic nitrogens is 5. The van der Waals surface area contributed by atoms with Crippen molar-refractivity contribution in [2.75, 3.05) is 13.1 Å². The van der Waals surface area contributed by atoms with E-state index in [1.807, 2.05) is 41.3 Å². The highest BCUT2D eigenvalue weighted by atomic mass is 16.2. The van der Waals surface area contributed by atoms with Crippen LogP contribution in [0.25, 0.3) is 16.6 Å². The molecule has 0 N–H and O–H groups in total. The lowest BCUT2D eigenvalue weighted by atomic mass is 9.96. The van der Waals surface area contributed by atoms with E-state index in [2.05, 4.69) is 10.1 Å². The van der Waals surface area contributed by atoms with E-state index in [-0.39, 0.29) is 36.0 Å². The Labute approximate surface area is 195 Å². The van der Waals surface area contributed by atoms with Crippen molar-refractivity contribution < 1.29 is 4.79 Å². The number of rotatable bonds is 5. The standard InChI is InChI=1S/C25H26N6O3/c1-28-25(34)31(19-9-3-2-4-10-19)23(27-28)18-8-7-14-29(16-18)22(32)13-15-30-17-26-21-12-6-5-11-20(21)24(30)33/h2-6,9-12,17-18H,7-8,13-16H2,1H3/t18-/m0/s1. The summed E-state index contributed by atoms with van der Waals surface area (Å²) in [4.78, 5) is 44.7. The molecule has 2 aromatic heterocycles. The summed E-state index contributed by atoms with van der Waals surface area (Å²) >= 11 is 0. The molecule has 2 aromatic carbocycles. The highest BCUT2D eigenvalue weighted by Gasteiger charge is 2.29. The van der Waals surface area contributed by atoms with Gasteiger partial charge in [-0.2, -0.15) is 5.10 Å². The van der Waals surface area contributed by atoms with Crippen molar-refractivity contribution in [1.29, 1.82) is 0 Å². The lowest BCUT2D eigenvalue weighted by Crippen LogP contribution is -2.40. The third kappa shape index (κ3) is 4.05. The van der Waals surface area contributed by atoms with Crippen LogP contribution >= 0.6 is 0 Å². The monoisotopic (exact) mass is 458 g/mol. The normalized spacial score (nSPS) is 16.1. The summed E-state index contributed by atoms with van der Waals surface area (Å²) in [6.45, 7) is 1.42. The van der Waals surface area contributed by atoms with E-state index in [0.717, 1.165) is 18.5 Å². The predicted octanol–water partition coefficient (Wildman–Crippen LogP) is 2.08. The Kier molecular flexibility index (Phi) is 5.83. The maximum Gasteiger partial charge on any atom is 0.350 e. The first-order valence-corrected chi connectivity index (χ1v) is 11.5. The lowest BCUT2D eigenvalue weighted by Gasteiger charge is -2.32. The first-order valence-electron chi connectivity index (χ1n) is 11.5. The second-order valence-electron chi connectivity index (χ2n) is 8.62. The number of hydrogen-bond donors (Lipinski definition) is 0. The molecule has 1 fully saturated rings. The molecule has 0 saturated carbocycles. The van der Waals surface area contributed by atoms with Crippen LogP contribution in [0.5, 0.6) is 0 Å². The molecule has 174 valence electrons. The number of piperidine rings is 1. The zero-order chi connectivity index (χ0) is 23.7. The molecule has 34 heavy (non-hydrogen) atoms. The van der Waals surface area contributed by atoms with E-state index in [0.29, 0.717) is 29.8 Å². The second kappa shape index (κ2) is 9.09. The predicted molar refractivity (Wildman–Crippen MR) is 128 cm³/mol. The largest absolute Gasteiger partial charge is 0.350 e. The van der Waals surface area contributed by atoms with Gasteiger partial charge in [-0.1, -0.05) is 30.3 Å². The van der Waals surface area contributed by atoms with Crippen LogP contribution in [-0.4, -0.2) is 47.8 Å². The van der Waals surface area contributed by atoms with Crippen molar-refractivity contribution in [3.05, 3.63) is 87.6 Å². The highest BCUT2D eigenvalue weighted by Crippen LogP contribution is 2.27. The average Bonchev–Trinajstić information content (AvgIpc) is 3.18. The van der Waals surface area contributed by atoms with Gasteiger partial charge in [-0.05, 0) is 37.1 Å². The molecule has 4 aromatic rings. The van der Waals surface area contributed by atoms with Crippen LogP contribution in [0.3, 0.4) is 0 Å². The van der Waals surface area contributed by atoms with Crippen molar-refractivity contribution in [3.8, 4) is 5.69 Å². The Balaban J connectivity index is 1.32. The molecular weight excluding hydrogens is 432 g/mol. The summed E-state index contributed by atoms with van der Waals surface area (Å²) in [5, 5.41) is 5.06. The molecule has 5 rings (SSSR count). The van der Waals surface area contributed by atoms with Gasteiger partial charge in [0.25, 0.3) is 5.56 Å². The van der Waals surface area contributed by atoms with E-state index in [9.17, 15) is 14.4 Å². The van der Waals surface area contributed by atoms with E-state index in [4.69, 9.17) is 0 Å². The Bertz CT molecular complexity index is 1450. The summed E-state index contributed by atoms with van der Waals surface area (Å²) in [6, 6.07) is 16.6. The highest BCUT2D eigenvalue weighted by molar-refractivity contribution is 5.77. The minimum atomic E-state index is -0.201. The maximum absolute atomic E-state index is 13.0. The molecule has 9 nitrogen and oxygen atoms in total. The minimum absolute atomic E-state index is 0.0192. The topological polar surface area (TPSA) is 95.0 Å². The molecule has 0 bridgehead atoms. The van der Waals surface area contributed by atoms with Crippen molar-refractivity contribution in [3.63, 3.8) is 0 Å². The molecule has 3 heterocycles. The first-order chi connectivity index (χ1) is 16.5. The van der Waals surface area contributed by atoms with E-state index in [1.165, 1.54) is 15.6 Å². The van der Waals surface area contributed by atoms with Crippen LogP contribution in [0, 0.1) is 0 Å². The minimum Gasteiger partial charge on any atom is -0.342 e. The van der Waals surface area contributed by atoms with Crippen LogP contribution in [0.15, 0.2) is 70.5 Å². The van der Waals surface area contributed by atoms with Crippen LogP contribution in [-0.2, 0) is 18.4 Å². The van der Waals surface area contributed by atoms with Gasteiger partial charge in [-0.15, -0.1) is 0 Å². The van der Waals surface area contributed by atoms with Crippen molar-refractivity contribution in [2.45, 2.75) is 31.7 Å². The van der Waals surface area contributed by atoms with E-state index in [1.54, 1.807) is 29.8 Å². The zero-order valence-corrected chi connectivity index (χ0v) is 19.0. The zero-order valence-electron chi connectivity index (χ0n) is 19.0. The van der Waals surface area contributed by atoms with Gasteiger partial charge in [0.15, 0.2) is 0 Å². The molecule has 1 saturated heterocycles. The Hall–Kier alpha value is -4.01. The Morgan fingerprint density at radius 2 is 1.82 bits per heavy atom. The summed E-state index contributed by atoms with van der Waals surface area (Å²) in [5.41, 5.74) is 1.07. The van der Waals surface area contributed by atoms with Crippen molar-refractivity contribution >= 4 is 16.8 Å². The van der Waals surface area contributed by atoms with Gasteiger partial charge in [-0.25, -0.2) is 19.0 Å². The fourth-order valence-corrected chi connectivity index (χ4v) is 4.62. The number of carbonyl (C=O) groups excluding carboxylic acids is 1. The van der Waals surface area contributed by atoms with Gasteiger partial charge in [0.2, 0.25) is 5.91 Å². The summed E-state index contributed by atoms with van der Waals surface area (Å²) < 4.78 is 4.48. The second-order valence-corrected chi connectivity index (χ2v) is 8.62. The third-order valence-corrected chi connectivity index (χ3v) is 6.40. The van der Waals surface area contributed by atoms with E-state index >= 15 is 0 Å². The van der Waals surface area contributed by atoms with Crippen LogP contribution in [0.2, 0.25) is 0 Å². The van der Waals surface area contributed by atoms with Crippen LogP contribution < -0.4 is 11.2 Å². The first kappa shape index (κ1) is 21.8. The molecular formula is C25H26N6O3. The summed E-state index contributed by atoms with van der Waals surface area (Å²) in [7, 11) is 1.65. The lowest BCUT2D eigenvalue weighted by molar-refractivity contribution is -0.132. The molecule has 0 radical (unpaired) electrons. The smallest absolute Gasteiger partial charge is 0.342 e. The number of hydrogen-bond acceptors (Lipinski definition) is 5. The Morgan fingerprint density at radius 1 is 1.06 bits per heavy atom. The summed E-state index contributed by atoms with van der Waals surface area (Å²) in [5.74, 6) is 0.609. The molecule has 1 aliphatic heterocycles. The molecule has 1 amide bonds. The van der Waals surface area contributed by atoms with Gasteiger partial charge in [-0.3, -0.25) is 14.2 Å².